The Balaban J connectivity index is 2.18. The van der Waals surface area contributed by atoms with E-state index in [0.717, 1.165) is 0 Å². The zero-order valence-electron chi connectivity index (χ0n) is 11.5. The Kier molecular flexibility index (Phi) is 3.66. The van der Waals surface area contributed by atoms with Gasteiger partial charge in [0.25, 0.3) is 0 Å². The van der Waals surface area contributed by atoms with Crippen LogP contribution in [0.5, 0.6) is 11.5 Å². The molecule has 6 nitrogen and oxygen atoms in total. The number of aromatic nitrogens is 2. The number of sulfonamides is 1. The summed E-state index contributed by atoms with van der Waals surface area (Å²) in [6.07, 6.45) is 4.66. The summed E-state index contributed by atoms with van der Waals surface area (Å²) in [4.78, 5) is 3.91. The van der Waals surface area contributed by atoms with Crippen LogP contribution >= 0.6 is 0 Å². The number of nitrogens with two attached hydrogens (primary N) is 1. The van der Waals surface area contributed by atoms with Crippen LogP contribution in [-0.4, -0.2) is 18.0 Å². The quantitative estimate of drug-likeness (QED) is 0.800. The third-order valence-corrected chi connectivity index (χ3v) is 3.94. The van der Waals surface area contributed by atoms with E-state index >= 15 is 0 Å². The lowest BCUT2D eigenvalue weighted by Gasteiger charge is -2.14. The lowest BCUT2D eigenvalue weighted by atomic mass is 10.2. The molecular formula is C15H13N3O3S. The van der Waals surface area contributed by atoms with Gasteiger partial charge in [-0.05, 0) is 24.3 Å². The Hall–Kier alpha value is -2.64. The normalized spacial score (nSPS) is 11.3. The van der Waals surface area contributed by atoms with Crippen molar-refractivity contribution < 1.29 is 13.2 Å². The van der Waals surface area contributed by atoms with Gasteiger partial charge in [-0.25, -0.2) is 18.5 Å². The van der Waals surface area contributed by atoms with E-state index in [9.17, 15) is 8.42 Å². The monoisotopic (exact) mass is 315 g/mol. The molecule has 0 saturated carbocycles. The molecule has 1 heterocycles. The first kappa shape index (κ1) is 14.3. The zero-order valence-corrected chi connectivity index (χ0v) is 12.3. The van der Waals surface area contributed by atoms with Crippen LogP contribution in [0.2, 0.25) is 0 Å². The van der Waals surface area contributed by atoms with Crippen molar-refractivity contribution in [1.82, 2.24) is 9.55 Å². The second-order valence-electron chi connectivity index (χ2n) is 4.53. The molecule has 0 fully saturated rings. The van der Waals surface area contributed by atoms with Gasteiger partial charge in [-0.1, -0.05) is 24.3 Å². The molecule has 112 valence electrons. The summed E-state index contributed by atoms with van der Waals surface area (Å²) in [5.41, 5.74) is 0.325. The molecule has 0 spiro atoms. The van der Waals surface area contributed by atoms with E-state index in [1.54, 1.807) is 41.2 Å². The number of ether oxygens (including phenoxy) is 1. The molecule has 0 radical (unpaired) electrons. The van der Waals surface area contributed by atoms with Gasteiger partial charge in [0.15, 0.2) is 5.75 Å². The van der Waals surface area contributed by atoms with Crippen molar-refractivity contribution in [3.05, 3.63) is 67.3 Å². The molecule has 7 heteroatoms. The lowest BCUT2D eigenvalue weighted by Crippen LogP contribution is -2.15. The van der Waals surface area contributed by atoms with Crippen LogP contribution in [0.1, 0.15) is 0 Å². The molecule has 3 rings (SSSR count). The van der Waals surface area contributed by atoms with Gasteiger partial charge in [0, 0.05) is 12.4 Å². The van der Waals surface area contributed by atoms with Gasteiger partial charge >= 0.3 is 0 Å². The second kappa shape index (κ2) is 5.63. The molecule has 0 aliphatic carbocycles. The average Bonchev–Trinajstić information content (AvgIpc) is 3.01. The van der Waals surface area contributed by atoms with Gasteiger partial charge in [-0.2, -0.15) is 0 Å². The first-order valence-corrected chi connectivity index (χ1v) is 7.97. The van der Waals surface area contributed by atoms with Gasteiger partial charge in [0.1, 0.15) is 16.3 Å². The molecule has 1 aromatic heterocycles. The molecular weight excluding hydrogens is 302 g/mol. The number of hydrogen-bond acceptors (Lipinski definition) is 4. The van der Waals surface area contributed by atoms with Gasteiger partial charge < -0.3 is 9.30 Å². The summed E-state index contributed by atoms with van der Waals surface area (Å²) < 4.78 is 31.0. The Labute approximate surface area is 127 Å². The number of hydrogen-bond donors (Lipinski definition) is 1. The largest absolute Gasteiger partial charge is 0.455 e. The zero-order chi connectivity index (χ0) is 15.6. The minimum Gasteiger partial charge on any atom is -0.455 e. The molecule has 0 aliphatic heterocycles. The van der Waals surface area contributed by atoms with E-state index in [4.69, 9.17) is 9.88 Å². The van der Waals surface area contributed by atoms with Gasteiger partial charge in [0.05, 0.1) is 6.33 Å². The third kappa shape index (κ3) is 2.85. The van der Waals surface area contributed by atoms with E-state index in [1.165, 1.54) is 12.4 Å². The van der Waals surface area contributed by atoms with Crippen molar-refractivity contribution in [2.45, 2.75) is 4.90 Å². The number of primary sulfonamides is 1. The smallest absolute Gasteiger partial charge is 0.240 e. The van der Waals surface area contributed by atoms with Crippen molar-refractivity contribution in [2.24, 2.45) is 5.14 Å². The lowest BCUT2D eigenvalue weighted by molar-refractivity contribution is 0.477. The van der Waals surface area contributed by atoms with Crippen LogP contribution in [0.4, 0.5) is 0 Å². The van der Waals surface area contributed by atoms with Crippen LogP contribution in [0.25, 0.3) is 5.69 Å². The summed E-state index contributed by atoms with van der Waals surface area (Å²) >= 11 is 0. The number of imidazole rings is 1. The van der Waals surface area contributed by atoms with Crippen LogP contribution in [0.15, 0.2) is 72.1 Å². The van der Waals surface area contributed by atoms with Gasteiger partial charge in [0.2, 0.25) is 10.0 Å². The number of benzene rings is 2. The topological polar surface area (TPSA) is 87.2 Å². The van der Waals surface area contributed by atoms with E-state index in [0.29, 0.717) is 17.2 Å². The highest BCUT2D eigenvalue weighted by Gasteiger charge is 2.20. The molecule has 3 aromatic rings. The van der Waals surface area contributed by atoms with Crippen molar-refractivity contribution in [2.75, 3.05) is 0 Å². The minimum atomic E-state index is -3.90. The summed E-state index contributed by atoms with van der Waals surface area (Å²) in [5.74, 6) is 0.964. The van der Waals surface area contributed by atoms with Crippen molar-refractivity contribution >= 4 is 10.0 Å². The summed E-state index contributed by atoms with van der Waals surface area (Å²) in [6.45, 7) is 0. The Bertz CT molecular complexity index is 876. The maximum atomic E-state index is 11.8. The maximum Gasteiger partial charge on any atom is 0.240 e. The average molecular weight is 315 g/mol. The molecule has 0 bridgehead atoms. The summed E-state index contributed by atoms with van der Waals surface area (Å²) in [7, 11) is -3.90. The van der Waals surface area contributed by atoms with E-state index in [-0.39, 0.29) is 4.90 Å². The predicted octanol–water partition coefficient (Wildman–Crippen LogP) is 2.31. The molecule has 0 atom stereocenters. The minimum absolute atomic E-state index is 0.0288. The fourth-order valence-corrected chi connectivity index (χ4v) is 2.82. The fraction of sp³-hybridized carbons (Fsp3) is 0. The van der Waals surface area contributed by atoms with Crippen molar-refractivity contribution in [1.29, 1.82) is 0 Å². The highest BCUT2D eigenvalue weighted by Crippen LogP contribution is 2.32. The Morgan fingerprint density at radius 2 is 1.82 bits per heavy atom. The summed E-state index contributed by atoms with van der Waals surface area (Å²) in [6, 6.07) is 13.8. The van der Waals surface area contributed by atoms with Crippen LogP contribution in [0.3, 0.4) is 0 Å². The molecule has 0 saturated heterocycles. The standard InChI is InChI=1S/C15H13N3O3S/c16-22(19,20)14-8-4-7-13(15(14)18-10-9-17-11-18)21-12-5-2-1-3-6-12/h1-11H,(H2,16,19,20). The number of para-hydroxylation sites is 2. The molecule has 0 amide bonds. The molecule has 2 N–H and O–H groups in total. The van der Waals surface area contributed by atoms with Gasteiger partial charge in [-0.15, -0.1) is 0 Å². The van der Waals surface area contributed by atoms with Crippen molar-refractivity contribution in [3.63, 3.8) is 0 Å². The van der Waals surface area contributed by atoms with Crippen LogP contribution < -0.4 is 9.88 Å². The molecule has 22 heavy (non-hydrogen) atoms. The molecule has 0 aliphatic rings. The third-order valence-electron chi connectivity index (χ3n) is 3.00. The van der Waals surface area contributed by atoms with Crippen LogP contribution in [-0.2, 0) is 10.0 Å². The Morgan fingerprint density at radius 3 is 2.45 bits per heavy atom. The molecule has 0 unspecified atom stereocenters. The van der Waals surface area contributed by atoms with Gasteiger partial charge in [-0.3, -0.25) is 0 Å². The van der Waals surface area contributed by atoms with Crippen LogP contribution in [0, 0.1) is 0 Å². The fourth-order valence-electron chi connectivity index (χ4n) is 2.08. The van der Waals surface area contributed by atoms with E-state index in [2.05, 4.69) is 4.98 Å². The first-order chi connectivity index (χ1) is 10.6. The summed E-state index contributed by atoms with van der Waals surface area (Å²) in [5, 5.41) is 5.31. The Morgan fingerprint density at radius 1 is 1.05 bits per heavy atom. The first-order valence-electron chi connectivity index (χ1n) is 6.43. The van der Waals surface area contributed by atoms with Crippen molar-refractivity contribution in [3.8, 4) is 17.2 Å². The SMILES string of the molecule is NS(=O)(=O)c1cccc(Oc2ccccc2)c1-n1ccnc1. The maximum absolute atomic E-state index is 11.8. The molecule has 2 aromatic carbocycles. The number of nitrogens with zero attached hydrogens (tertiary/aromatic N) is 2. The number of rotatable bonds is 4. The van der Waals surface area contributed by atoms with E-state index in [1.807, 2.05) is 18.2 Å². The predicted molar refractivity (Wildman–Crippen MR) is 81.5 cm³/mol. The second-order valence-corrected chi connectivity index (χ2v) is 6.06. The van der Waals surface area contributed by atoms with E-state index < -0.39 is 10.0 Å². The highest BCUT2D eigenvalue weighted by molar-refractivity contribution is 7.89. The highest BCUT2D eigenvalue weighted by atomic mass is 32.2.